The zero-order valence-electron chi connectivity index (χ0n) is 19.7. The molecule has 1 aliphatic heterocycles. The molecule has 192 valence electrons. The maximum absolute atomic E-state index is 12.4. The van der Waals surface area contributed by atoms with Crippen LogP contribution in [-0.2, 0) is 14.8 Å². The van der Waals surface area contributed by atoms with Crippen LogP contribution in [0.1, 0.15) is 43.7 Å². The molecular weight excluding hydrogens is 550 g/mol. The number of piperazine rings is 1. The Morgan fingerprint density at radius 2 is 1.97 bits per heavy atom. The second-order valence-corrected chi connectivity index (χ2v) is 12.2. The highest BCUT2D eigenvalue weighted by atomic mass is 79.9. The highest BCUT2D eigenvalue weighted by Gasteiger charge is 2.23. The minimum atomic E-state index is -3.50. The van der Waals surface area contributed by atoms with Gasteiger partial charge in [-0.05, 0) is 40.4 Å². The van der Waals surface area contributed by atoms with Crippen LogP contribution in [0, 0.1) is 0 Å². The number of halogens is 1. The number of carbonyl (C=O) groups excluding carboxylic acids is 1. The zero-order valence-corrected chi connectivity index (χ0v) is 23.0. The van der Waals surface area contributed by atoms with E-state index in [1.807, 2.05) is 23.1 Å². The van der Waals surface area contributed by atoms with Crippen molar-refractivity contribution >= 4 is 44.1 Å². The molecule has 1 amide bonds. The fourth-order valence-corrected chi connectivity index (χ4v) is 6.91. The molecule has 1 atom stereocenters. The van der Waals surface area contributed by atoms with Crippen molar-refractivity contribution in [1.29, 1.82) is 0 Å². The third-order valence-corrected chi connectivity index (χ3v) is 9.37. The van der Waals surface area contributed by atoms with Crippen molar-refractivity contribution in [2.45, 2.75) is 54.1 Å². The van der Waals surface area contributed by atoms with E-state index in [-0.39, 0.29) is 17.0 Å². The van der Waals surface area contributed by atoms with E-state index >= 15 is 0 Å². The third-order valence-electron chi connectivity index (χ3n) is 5.98. The number of thioether (sulfide) groups is 1. The summed E-state index contributed by atoms with van der Waals surface area (Å²) < 4.78 is 28.2. The number of nitrogens with zero attached hydrogens (tertiary/aromatic N) is 2. The number of hydrogen-bond donors (Lipinski definition) is 3. The first-order chi connectivity index (χ1) is 16.9. The number of aromatic nitrogens is 1. The SMILES string of the molecule is NCCSc1ncc(S(=O)(=O)NC2CCCCC2)cc1Br.O=CN1CCNC[C@@H]1c1ccccc1. The summed E-state index contributed by atoms with van der Waals surface area (Å²) >= 11 is 4.88. The number of carbonyl (C=O) groups is 1. The van der Waals surface area contributed by atoms with Crippen molar-refractivity contribution in [3.63, 3.8) is 0 Å². The highest BCUT2D eigenvalue weighted by Crippen LogP contribution is 2.28. The summed E-state index contributed by atoms with van der Waals surface area (Å²) in [6, 6.07) is 12.0. The molecule has 1 saturated heterocycles. The lowest BCUT2D eigenvalue weighted by Gasteiger charge is -2.33. The monoisotopic (exact) mass is 583 g/mol. The number of nitrogens with two attached hydrogens (primary N) is 1. The fraction of sp³-hybridized carbons (Fsp3) is 0.500. The van der Waals surface area contributed by atoms with Gasteiger partial charge in [-0.3, -0.25) is 4.79 Å². The Kier molecular flexibility index (Phi) is 11.5. The van der Waals surface area contributed by atoms with Gasteiger partial charge >= 0.3 is 0 Å². The lowest BCUT2D eigenvalue weighted by atomic mass is 9.96. The van der Waals surface area contributed by atoms with Crippen molar-refractivity contribution < 1.29 is 13.2 Å². The lowest BCUT2D eigenvalue weighted by molar-refractivity contribution is -0.121. The lowest BCUT2D eigenvalue weighted by Crippen LogP contribution is -2.45. The van der Waals surface area contributed by atoms with Gasteiger partial charge in [0.25, 0.3) is 0 Å². The fourth-order valence-electron chi connectivity index (χ4n) is 4.16. The molecule has 1 aromatic carbocycles. The van der Waals surface area contributed by atoms with E-state index in [2.05, 4.69) is 43.1 Å². The van der Waals surface area contributed by atoms with Crippen LogP contribution in [0.5, 0.6) is 0 Å². The largest absolute Gasteiger partial charge is 0.336 e. The Balaban J connectivity index is 0.000000211. The molecule has 1 aromatic heterocycles. The molecule has 4 N–H and O–H groups in total. The molecule has 0 spiro atoms. The molecule has 8 nitrogen and oxygen atoms in total. The molecule has 2 aromatic rings. The van der Waals surface area contributed by atoms with Gasteiger partial charge in [-0.1, -0.05) is 49.6 Å². The van der Waals surface area contributed by atoms with Crippen LogP contribution in [0.15, 0.2) is 57.0 Å². The highest BCUT2D eigenvalue weighted by molar-refractivity contribution is 9.10. The molecule has 35 heavy (non-hydrogen) atoms. The Morgan fingerprint density at radius 1 is 1.23 bits per heavy atom. The Labute approximate surface area is 221 Å². The van der Waals surface area contributed by atoms with E-state index in [0.717, 1.165) is 62.5 Å². The molecule has 2 heterocycles. The first kappa shape index (κ1) is 28.1. The van der Waals surface area contributed by atoms with Gasteiger partial charge in [-0.25, -0.2) is 18.1 Å². The second-order valence-electron chi connectivity index (χ2n) is 8.53. The summed E-state index contributed by atoms with van der Waals surface area (Å²) in [5.74, 6) is 0.748. The molecule has 11 heteroatoms. The van der Waals surface area contributed by atoms with Crippen LogP contribution in [0.4, 0.5) is 0 Å². The van der Waals surface area contributed by atoms with Crippen LogP contribution in [-0.4, -0.2) is 62.7 Å². The standard InChI is InChI=1S/C13H20BrN3O2S2.C11H14N2O/c14-12-8-11(9-16-13(12)20-7-6-15)21(18,19)17-10-4-2-1-3-5-10;14-9-13-7-6-12-8-11(13)10-4-2-1-3-5-10/h8-10,17H,1-7,15H2;1-5,9,11-12H,6-8H2/t;11-/m.1/s1. The predicted octanol–water partition coefficient (Wildman–Crippen LogP) is 3.30. The number of amides is 1. The summed E-state index contributed by atoms with van der Waals surface area (Å²) in [5, 5.41) is 4.06. The Hall–Kier alpha value is -1.50. The molecule has 2 aliphatic rings. The number of hydrogen-bond acceptors (Lipinski definition) is 7. The van der Waals surface area contributed by atoms with Gasteiger partial charge in [-0.2, -0.15) is 0 Å². The van der Waals surface area contributed by atoms with E-state index in [4.69, 9.17) is 5.73 Å². The number of rotatable bonds is 8. The molecular formula is C24H34BrN5O3S2. The van der Waals surface area contributed by atoms with Crippen LogP contribution in [0.25, 0.3) is 0 Å². The minimum Gasteiger partial charge on any atom is -0.336 e. The number of nitrogens with one attached hydrogen (secondary N) is 2. The van der Waals surface area contributed by atoms with E-state index in [9.17, 15) is 13.2 Å². The molecule has 0 unspecified atom stereocenters. The van der Waals surface area contributed by atoms with E-state index in [1.165, 1.54) is 29.9 Å². The van der Waals surface area contributed by atoms with Crippen molar-refractivity contribution in [1.82, 2.24) is 19.9 Å². The molecule has 1 aliphatic carbocycles. The maximum atomic E-state index is 12.4. The van der Waals surface area contributed by atoms with Crippen LogP contribution < -0.4 is 15.8 Å². The molecule has 0 bridgehead atoms. The first-order valence-corrected chi connectivity index (χ1v) is 15.2. The van der Waals surface area contributed by atoms with Crippen LogP contribution >= 0.6 is 27.7 Å². The Bertz CT molecular complexity index is 1040. The summed E-state index contributed by atoms with van der Waals surface area (Å²) in [5.41, 5.74) is 6.66. The quantitative estimate of drug-likeness (QED) is 0.322. The minimum absolute atomic E-state index is 0.0498. The summed E-state index contributed by atoms with van der Waals surface area (Å²) in [6.07, 6.45) is 7.55. The Morgan fingerprint density at radius 3 is 2.63 bits per heavy atom. The van der Waals surface area contributed by atoms with Crippen molar-refractivity contribution in [3.05, 3.63) is 52.6 Å². The third kappa shape index (κ3) is 8.54. The van der Waals surface area contributed by atoms with Gasteiger partial charge in [0.05, 0.1) is 10.5 Å². The van der Waals surface area contributed by atoms with Gasteiger partial charge < -0.3 is 16.0 Å². The average molecular weight is 585 g/mol. The predicted molar refractivity (Wildman–Crippen MR) is 144 cm³/mol. The van der Waals surface area contributed by atoms with Crippen LogP contribution in [0.2, 0.25) is 0 Å². The van der Waals surface area contributed by atoms with Gasteiger partial charge in [0.2, 0.25) is 16.4 Å². The van der Waals surface area contributed by atoms with Gasteiger partial charge in [0.1, 0.15) is 9.92 Å². The second kappa shape index (κ2) is 14.3. The first-order valence-electron chi connectivity index (χ1n) is 11.9. The molecule has 4 rings (SSSR count). The number of pyridine rings is 1. The molecule has 2 fully saturated rings. The number of sulfonamides is 1. The van der Waals surface area contributed by atoms with Gasteiger partial charge in [0, 0.05) is 44.2 Å². The van der Waals surface area contributed by atoms with Crippen LogP contribution in [0.3, 0.4) is 0 Å². The van der Waals surface area contributed by atoms with Gasteiger partial charge in [-0.15, -0.1) is 11.8 Å². The van der Waals surface area contributed by atoms with Crippen molar-refractivity contribution in [3.8, 4) is 0 Å². The topological polar surface area (TPSA) is 117 Å². The van der Waals surface area contributed by atoms with Gasteiger partial charge in [0.15, 0.2) is 0 Å². The normalized spacial score (nSPS) is 19.0. The maximum Gasteiger partial charge on any atom is 0.242 e. The summed E-state index contributed by atoms with van der Waals surface area (Å²) in [7, 11) is -3.50. The van der Waals surface area contributed by atoms with E-state index < -0.39 is 10.0 Å². The summed E-state index contributed by atoms with van der Waals surface area (Å²) in [6.45, 7) is 3.09. The summed E-state index contributed by atoms with van der Waals surface area (Å²) in [4.78, 5) is 17.1. The average Bonchev–Trinajstić information content (AvgIpc) is 2.89. The van der Waals surface area contributed by atoms with Crippen molar-refractivity contribution in [2.24, 2.45) is 5.73 Å². The van der Waals surface area contributed by atoms with E-state index in [1.54, 1.807) is 6.07 Å². The number of benzene rings is 1. The smallest absolute Gasteiger partial charge is 0.242 e. The van der Waals surface area contributed by atoms with E-state index in [0.29, 0.717) is 11.0 Å². The molecule has 0 radical (unpaired) electrons. The van der Waals surface area contributed by atoms with Crippen molar-refractivity contribution in [2.75, 3.05) is 31.9 Å². The molecule has 1 saturated carbocycles. The zero-order chi connectivity index (χ0) is 25.1.